The van der Waals surface area contributed by atoms with E-state index in [0.29, 0.717) is 0 Å². The molecule has 2 nitrogen and oxygen atoms in total. The van der Waals surface area contributed by atoms with Gasteiger partial charge in [0.05, 0.1) is 0 Å². The fourth-order valence-corrected chi connectivity index (χ4v) is 2.25. The molecular weight excluding hydrogens is 162 g/mol. The molecule has 0 atom stereocenters. The maximum absolute atomic E-state index is 5.52. The van der Waals surface area contributed by atoms with Gasteiger partial charge >= 0.3 is 0 Å². The van der Waals surface area contributed by atoms with Crippen molar-refractivity contribution in [1.29, 1.82) is 0 Å². The number of hydrogen-bond donors (Lipinski definition) is 1. The van der Waals surface area contributed by atoms with Gasteiger partial charge in [0.15, 0.2) is 0 Å². The summed E-state index contributed by atoms with van der Waals surface area (Å²) in [5, 5.41) is 0. The molecule has 0 aliphatic rings. The Kier molecular flexibility index (Phi) is 3.41. The van der Waals surface area contributed by atoms with Crippen LogP contribution in [0.5, 0.6) is 0 Å². The van der Waals surface area contributed by atoms with E-state index >= 15 is 0 Å². The number of hydrogen-bond acceptors (Lipinski definition) is 2. The highest BCUT2D eigenvalue weighted by molar-refractivity contribution is 8.30. The fraction of sp³-hybridized carbons (Fsp3) is 1.00. The van der Waals surface area contributed by atoms with Crippen molar-refractivity contribution in [1.82, 2.24) is 4.89 Å². The third-order valence-electron chi connectivity index (χ3n) is 0.598. The van der Waals surface area contributed by atoms with Gasteiger partial charge in [0.25, 0.3) is 0 Å². The second-order valence-electron chi connectivity index (χ2n) is 4.13. The van der Waals surface area contributed by atoms with Crippen LogP contribution in [-0.4, -0.2) is 27.1 Å². The lowest BCUT2D eigenvalue weighted by atomic mass is 11.8. The van der Waals surface area contributed by atoms with Gasteiger partial charge in [-0.15, -0.1) is 0 Å². The first-order valence-electron chi connectivity index (χ1n) is 3.34. The molecule has 0 spiro atoms. The van der Waals surface area contributed by atoms with Crippen molar-refractivity contribution in [2.75, 3.05) is 18.8 Å². The Morgan fingerprint density at radius 3 is 1.60 bits per heavy atom. The molecule has 0 unspecified atom stereocenters. The largest absolute Gasteiger partial charge is 0.337 e. The molecule has 0 saturated carbocycles. The van der Waals surface area contributed by atoms with E-state index < -0.39 is 18.5 Å². The van der Waals surface area contributed by atoms with Gasteiger partial charge in [-0.2, -0.15) is 15.1 Å². The van der Waals surface area contributed by atoms with Crippen LogP contribution in [-0.2, 0) is 4.53 Å². The van der Waals surface area contributed by atoms with Crippen LogP contribution in [0.3, 0.4) is 0 Å². The van der Waals surface area contributed by atoms with Crippen LogP contribution in [0.4, 0.5) is 0 Å². The van der Waals surface area contributed by atoms with Gasteiger partial charge in [-0.1, -0.05) is 0 Å². The summed E-state index contributed by atoms with van der Waals surface area (Å²) in [4.78, 5) is 3.11. The van der Waals surface area contributed by atoms with Crippen molar-refractivity contribution >= 4 is 18.5 Å². The summed E-state index contributed by atoms with van der Waals surface area (Å²) in [6.45, 7) is 6.52. The van der Waals surface area contributed by atoms with E-state index in [-0.39, 0.29) is 0 Å². The summed E-state index contributed by atoms with van der Waals surface area (Å²) in [6, 6.07) is 0. The lowest BCUT2D eigenvalue weighted by Crippen LogP contribution is -2.34. The molecule has 0 aliphatic heterocycles. The van der Waals surface area contributed by atoms with Crippen LogP contribution in [0.15, 0.2) is 0 Å². The van der Waals surface area contributed by atoms with Crippen molar-refractivity contribution in [3.8, 4) is 0 Å². The molecule has 0 aromatic rings. The second-order valence-corrected chi connectivity index (χ2v) is 12.4. The fourth-order valence-electron chi connectivity index (χ4n) is 0.250. The monoisotopic (exact) mass is 181 g/mol. The van der Waals surface area contributed by atoms with Crippen molar-refractivity contribution in [2.45, 2.75) is 19.6 Å². The molecule has 0 fully saturated rings. The van der Waals surface area contributed by atoms with Crippen LogP contribution in [0.2, 0.25) is 19.6 Å². The molecule has 0 amide bonds. The van der Waals surface area contributed by atoms with Crippen molar-refractivity contribution in [3.05, 3.63) is 0 Å². The highest BCUT2D eigenvalue weighted by Gasteiger charge is 2.16. The summed E-state index contributed by atoms with van der Waals surface area (Å²) in [7, 11) is -2.05. The molecule has 0 heterocycles. The molecule has 10 heavy (non-hydrogen) atoms. The van der Waals surface area contributed by atoms with Crippen molar-refractivity contribution in [2.24, 2.45) is 0 Å². The summed E-state index contributed by atoms with van der Waals surface area (Å²) < 4.78 is 5.52. The third-order valence-corrected chi connectivity index (χ3v) is 2.04. The van der Waals surface area contributed by atoms with E-state index in [0.717, 1.165) is 0 Å². The molecule has 0 aromatic heterocycles. The molecular formula is C6H19NOSSi. The summed E-state index contributed by atoms with van der Waals surface area (Å²) in [5.74, 6) is 0. The van der Waals surface area contributed by atoms with Crippen molar-refractivity contribution < 1.29 is 4.53 Å². The lowest BCUT2D eigenvalue weighted by molar-refractivity contribution is 0.274. The van der Waals surface area contributed by atoms with Crippen LogP contribution in [0.1, 0.15) is 0 Å². The zero-order valence-electron chi connectivity index (χ0n) is 7.82. The first kappa shape index (κ1) is 10.5. The molecule has 0 aromatic carbocycles. The molecule has 64 valence electrons. The smallest absolute Gasteiger partial charge is 0.213 e. The standard InChI is InChI=1S/C6H19NOSSi/c1-9(2,3)7-8-10(4,5)6/h7H,1-6H3. The van der Waals surface area contributed by atoms with Gasteiger partial charge in [-0.25, -0.2) is 0 Å². The Hall–Kier alpha value is 0.487. The highest BCUT2D eigenvalue weighted by atomic mass is 32.3. The van der Waals surface area contributed by atoms with E-state index in [9.17, 15) is 0 Å². The van der Waals surface area contributed by atoms with Crippen LogP contribution >= 0.6 is 10.2 Å². The summed E-state index contributed by atoms with van der Waals surface area (Å²) in [5.41, 5.74) is 0. The van der Waals surface area contributed by atoms with E-state index in [4.69, 9.17) is 4.53 Å². The Balaban J connectivity index is 3.56. The Morgan fingerprint density at radius 2 is 1.50 bits per heavy atom. The Bertz CT molecular complexity index is 91.3. The quantitative estimate of drug-likeness (QED) is 0.531. The highest BCUT2D eigenvalue weighted by Crippen LogP contribution is 2.29. The molecule has 0 aliphatic carbocycles. The average molecular weight is 181 g/mol. The Morgan fingerprint density at radius 1 is 1.10 bits per heavy atom. The van der Waals surface area contributed by atoms with Gasteiger partial charge in [0.1, 0.15) is 0 Å². The molecule has 0 rings (SSSR count). The van der Waals surface area contributed by atoms with E-state index in [1.54, 1.807) is 0 Å². The predicted octanol–water partition coefficient (Wildman–Crippen LogP) is 1.95. The SMILES string of the molecule is C[Si](C)(C)ONS(C)(C)C. The maximum Gasteiger partial charge on any atom is 0.213 e. The molecule has 0 radical (unpaired) electrons. The van der Waals surface area contributed by atoms with Gasteiger partial charge < -0.3 is 4.53 Å². The van der Waals surface area contributed by atoms with Gasteiger partial charge in [-0.05, 0) is 38.4 Å². The lowest BCUT2D eigenvalue weighted by Gasteiger charge is -2.30. The summed E-state index contributed by atoms with van der Waals surface area (Å²) >= 11 is 0. The Labute approximate surface area is 66.9 Å². The first-order chi connectivity index (χ1) is 4.21. The minimum atomic E-state index is -1.36. The minimum absolute atomic E-state index is 0.695. The average Bonchev–Trinajstić information content (AvgIpc) is 1.57. The predicted molar refractivity (Wildman–Crippen MR) is 52.9 cm³/mol. The van der Waals surface area contributed by atoms with Crippen LogP contribution < -0.4 is 4.89 Å². The number of nitrogens with one attached hydrogen (secondary N) is 1. The molecule has 0 saturated heterocycles. The minimum Gasteiger partial charge on any atom is -0.337 e. The zero-order valence-corrected chi connectivity index (χ0v) is 9.63. The number of rotatable bonds is 3. The topological polar surface area (TPSA) is 21.3 Å². The molecule has 1 N–H and O–H groups in total. The summed E-state index contributed by atoms with van der Waals surface area (Å²) in [6.07, 6.45) is 6.52. The maximum atomic E-state index is 5.52. The molecule has 4 heteroatoms. The van der Waals surface area contributed by atoms with Crippen LogP contribution in [0.25, 0.3) is 0 Å². The van der Waals surface area contributed by atoms with Gasteiger partial charge in [-0.3, -0.25) is 0 Å². The normalized spacial score (nSPS) is 15.4. The van der Waals surface area contributed by atoms with E-state index in [1.165, 1.54) is 0 Å². The zero-order chi connectivity index (χ0) is 8.41. The van der Waals surface area contributed by atoms with E-state index in [2.05, 4.69) is 43.3 Å². The van der Waals surface area contributed by atoms with E-state index in [1.807, 2.05) is 0 Å². The van der Waals surface area contributed by atoms with Gasteiger partial charge in [0.2, 0.25) is 8.32 Å². The second kappa shape index (κ2) is 3.26. The van der Waals surface area contributed by atoms with Crippen molar-refractivity contribution in [3.63, 3.8) is 0 Å². The van der Waals surface area contributed by atoms with Crippen LogP contribution in [0, 0.1) is 0 Å². The van der Waals surface area contributed by atoms with Gasteiger partial charge in [0, 0.05) is 0 Å². The molecule has 0 bridgehead atoms. The first-order valence-corrected chi connectivity index (χ1v) is 9.60. The third kappa shape index (κ3) is 8.49.